The molecule has 1 aliphatic rings. The molecule has 4 heteroatoms. The summed E-state index contributed by atoms with van der Waals surface area (Å²) in [6.45, 7) is 0. The lowest BCUT2D eigenvalue weighted by Crippen LogP contribution is -2.34. The van der Waals surface area contributed by atoms with Crippen molar-refractivity contribution >= 4 is 28.8 Å². The Bertz CT molecular complexity index is 507. The maximum atomic E-state index is 12.8. The highest BCUT2D eigenvalue weighted by molar-refractivity contribution is 7.80. The molecule has 2 N–H and O–H groups in total. The first-order valence-corrected chi connectivity index (χ1v) is 8.18. The van der Waals surface area contributed by atoms with E-state index >= 15 is 0 Å². The Morgan fingerprint density at radius 3 is 2.33 bits per heavy atom. The average molecular weight is 304 g/mol. The largest absolute Gasteiger partial charge is 0.389 e. The van der Waals surface area contributed by atoms with Crippen LogP contribution in [0.25, 0.3) is 0 Å². The highest BCUT2D eigenvalue weighted by atomic mass is 32.1. The van der Waals surface area contributed by atoms with Gasteiger partial charge in [0, 0.05) is 18.5 Å². The fourth-order valence-corrected chi connectivity index (χ4v) is 3.24. The molecular weight excluding hydrogens is 280 g/mol. The Labute approximate surface area is 132 Å². The van der Waals surface area contributed by atoms with Gasteiger partial charge in [-0.05, 0) is 25.0 Å². The topological polar surface area (TPSA) is 46.3 Å². The smallest absolute Gasteiger partial charge is 0.229 e. The van der Waals surface area contributed by atoms with Crippen LogP contribution in [0.15, 0.2) is 24.3 Å². The number of nitrogens with two attached hydrogens (primary N) is 1. The zero-order valence-electron chi connectivity index (χ0n) is 12.7. The second-order valence-corrected chi connectivity index (χ2v) is 6.26. The van der Waals surface area contributed by atoms with Gasteiger partial charge in [0.2, 0.25) is 5.91 Å². The molecule has 0 saturated heterocycles. The van der Waals surface area contributed by atoms with Crippen LogP contribution in [-0.2, 0) is 4.79 Å². The maximum absolute atomic E-state index is 12.8. The summed E-state index contributed by atoms with van der Waals surface area (Å²) >= 11 is 5.09. The minimum Gasteiger partial charge on any atom is -0.389 e. The highest BCUT2D eigenvalue weighted by Crippen LogP contribution is 2.27. The van der Waals surface area contributed by atoms with E-state index in [2.05, 4.69) is 0 Å². The summed E-state index contributed by atoms with van der Waals surface area (Å²) in [6.07, 6.45) is 8.11. The minimum atomic E-state index is 0.134. The van der Waals surface area contributed by atoms with Crippen molar-refractivity contribution in [3.05, 3.63) is 29.8 Å². The molecule has 1 aromatic rings. The van der Waals surface area contributed by atoms with E-state index in [0.29, 0.717) is 4.99 Å². The highest BCUT2D eigenvalue weighted by Gasteiger charge is 2.24. The number of amides is 1. The van der Waals surface area contributed by atoms with Crippen molar-refractivity contribution in [3.63, 3.8) is 0 Å². The molecule has 0 radical (unpaired) electrons. The number of benzene rings is 1. The molecule has 0 atom stereocenters. The van der Waals surface area contributed by atoms with Gasteiger partial charge in [0.1, 0.15) is 4.99 Å². The van der Waals surface area contributed by atoms with Crippen molar-refractivity contribution in [2.75, 3.05) is 11.9 Å². The lowest BCUT2D eigenvalue weighted by atomic mass is 9.90. The number of para-hydroxylation sites is 1. The molecule has 2 rings (SSSR count). The number of carbonyl (C=O) groups excluding carboxylic acids is 1. The van der Waals surface area contributed by atoms with Crippen molar-refractivity contribution in [2.24, 2.45) is 11.7 Å². The van der Waals surface area contributed by atoms with Gasteiger partial charge in [0.05, 0.1) is 5.69 Å². The minimum absolute atomic E-state index is 0.134. The van der Waals surface area contributed by atoms with Crippen LogP contribution in [0.4, 0.5) is 5.69 Å². The fourth-order valence-electron chi connectivity index (χ4n) is 3.07. The predicted molar refractivity (Wildman–Crippen MR) is 91.5 cm³/mol. The summed E-state index contributed by atoms with van der Waals surface area (Å²) in [5, 5.41) is 0. The number of hydrogen-bond acceptors (Lipinski definition) is 2. The fraction of sp³-hybridized carbons (Fsp3) is 0.529. The molecule has 0 bridgehead atoms. The third-order valence-electron chi connectivity index (χ3n) is 4.32. The molecule has 0 aliphatic heterocycles. The van der Waals surface area contributed by atoms with Crippen molar-refractivity contribution in [1.82, 2.24) is 0 Å². The Hall–Kier alpha value is -1.42. The maximum Gasteiger partial charge on any atom is 0.229 e. The summed E-state index contributed by atoms with van der Waals surface area (Å²) in [6, 6.07) is 7.60. The van der Waals surface area contributed by atoms with E-state index in [4.69, 9.17) is 18.0 Å². The first-order valence-electron chi connectivity index (χ1n) is 7.77. The van der Waals surface area contributed by atoms with Crippen LogP contribution >= 0.6 is 12.2 Å². The summed E-state index contributed by atoms with van der Waals surface area (Å²) in [5.41, 5.74) is 7.36. The standard InChI is InChI=1S/C17H24N2OS/c1-19(15-12-8-7-11-14(15)16(18)21)17(20)13-9-5-3-2-4-6-10-13/h7-8,11-13H,2-6,9-10H2,1H3,(H2,18,21). The number of hydrogen-bond donors (Lipinski definition) is 1. The first kappa shape index (κ1) is 16.0. The third-order valence-corrected chi connectivity index (χ3v) is 4.54. The zero-order chi connectivity index (χ0) is 15.2. The first-order chi connectivity index (χ1) is 10.1. The van der Waals surface area contributed by atoms with E-state index in [9.17, 15) is 4.79 Å². The molecule has 0 unspecified atom stereocenters. The molecule has 1 aliphatic carbocycles. The van der Waals surface area contributed by atoms with E-state index < -0.39 is 0 Å². The Balaban J connectivity index is 2.16. The van der Waals surface area contributed by atoms with Crippen molar-refractivity contribution < 1.29 is 4.79 Å². The molecule has 1 fully saturated rings. The van der Waals surface area contributed by atoms with E-state index in [1.165, 1.54) is 19.3 Å². The Kier molecular flexibility index (Phi) is 5.74. The van der Waals surface area contributed by atoms with Crippen LogP contribution in [0, 0.1) is 5.92 Å². The summed E-state index contributed by atoms with van der Waals surface area (Å²) in [7, 11) is 1.83. The second kappa shape index (κ2) is 7.55. The van der Waals surface area contributed by atoms with Crippen LogP contribution in [-0.4, -0.2) is 17.9 Å². The van der Waals surface area contributed by atoms with E-state index in [1.54, 1.807) is 4.90 Å². The van der Waals surface area contributed by atoms with Gasteiger partial charge < -0.3 is 10.6 Å². The Morgan fingerprint density at radius 1 is 1.14 bits per heavy atom. The van der Waals surface area contributed by atoms with Gasteiger partial charge in [-0.3, -0.25) is 4.79 Å². The van der Waals surface area contributed by atoms with Gasteiger partial charge in [0.15, 0.2) is 0 Å². The quantitative estimate of drug-likeness (QED) is 0.867. The van der Waals surface area contributed by atoms with Gasteiger partial charge in [0.25, 0.3) is 0 Å². The molecule has 0 aromatic heterocycles. The van der Waals surface area contributed by atoms with Crippen molar-refractivity contribution in [2.45, 2.75) is 44.9 Å². The van der Waals surface area contributed by atoms with Crippen LogP contribution < -0.4 is 10.6 Å². The second-order valence-electron chi connectivity index (χ2n) is 5.82. The predicted octanol–water partition coefficient (Wildman–Crippen LogP) is 3.64. The van der Waals surface area contributed by atoms with Crippen LogP contribution in [0.5, 0.6) is 0 Å². The molecule has 1 saturated carbocycles. The monoisotopic (exact) mass is 304 g/mol. The van der Waals surface area contributed by atoms with E-state index in [0.717, 1.165) is 36.9 Å². The van der Waals surface area contributed by atoms with E-state index in [-0.39, 0.29) is 11.8 Å². The summed E-state index contributed by atoms with van der Waals surface area (Å²) < 4.78 is 0. The van der Waals surface area contributed by atoms with Crippen molar-refractivity contribution in [3.8, 4) is 0 Å². The number of anilines is 1. The van der Waals surface area contributed by atoms with E-state index in [1.807, 2.05) is 31.3 Å². The van der Waals surface area contributed by atoms with Gasteiger partial charge >= 0.3 is 0 Å². The molecular formula is C17H24N2OS. The zero-order valence-corrected chi connectivity index (χ0v) is 13.5. The lowest BCUT2D eigenvalue weighted by molar-refractivity contribution is -0.122. The molecule has 114 valence electrons. The number of carbonyl (C=O) groups is 1. The molecule has 0 heterocycles. The van der Waals surface area contributed by atoms with Gasteiger partial charge in [-0.25, -0.2) is 0 Å². The normalized spacial score (nSPS) is 16.8. The Morgan fingerprint density at radius 2 is 1.71 bits per heavy atom. The van der Waals surface area contributed by atoms with Crippen molar-refractivity contribution in [1.29, 1.82) is 0 Å². The number of rotatable bonds is 3. The SMILES string of the molecule is CN(C(=O)C1CCCCCCC1)c1ccccc1C(N)=S. The van der Waals surface area contributed by atoms with Crippen LogP contribution in [0.1, 0.15) is 50.5 Å². The number of nitrogens with zero attached hydrogens (tertiary/aromatic N) is 1. The lowest BCUT2D eigenvalue weighted by Gasteiger charge is -2.26. The molecule has 21 heavy (non-hydrogen) atoms. The van der Waals surface area contributed by atoms with Gasteiger partial charge in [-0.15, -0.1) is 0 Å². The molecule has 1 amide bonds. The average Bonchev–Trinajstić information content (AvgIpc) is 2.45. The molecule has 0 spiro atoms. The molecule has 1 aromatic carbocycles. The van der Waals surface area contributed by atoms with Gasteiger partial charge in [-0.1, -0.05) is 56.5 Å². The molecule has 3 nitrogen and oxygen atoms in total. The summed E-state index contributed by atoms with van der Waals surface area (Å²) in [5.74, 6) is 0.329. The van der Waals surface area contributed by atoms with Crippen LogP contribution in [0.2, 0.25) is 0 Å². The third kappa shape index (κ3) is 4.03. The number of thiocarbonyl (C=S) groups is 1. The summed E-state index contributed by atoms with van der Waals surface area (Å²) in [4.78, 5) is 14.9. The van der Waals surface area contributed by atoms with Gasteiger partial charge in [-0.2, -0.15) is 0 Å². The van der Waals surface area contributed by atoms with Crippen LogP contribution in [0.3, 0.4) is 0 Å².